The summed E-state index contributed by atoms with van der Waals surface area (Å²) in [6.07, 6.45) is -1.93. The largest absolute Gasteiger partial charge is 0.455 e. The van der Waals surface area contributed by atoms with Crippen LogP contribution in [-0.2, 0) is 0 Å². The number of rotatable bonds is 2. The van der Waals surface area contributed by atoms with Crippen LogP contribution in [0.15, 0.2) is 0 Å². The van der Waals surface area contributed by atoms with Crippen molar-refractivity contribution in [2.24, 2.45) is 11.8 Å². The maximum Gasteiger partial charge on any atom is 0.455 e. The lowest BCUT2D eigenvalue weighted by Gasteiger charge is -2.32. The molecule has 0 spiro atoms. The molecule has 3 nitrogen and oxygen atoms in total. The Balaban J connectivity index is 2.37. The van der Waals surface area contributed by atoms with Gasteiger partial charge in [0.2, 0.25) is 0 Å². The second-order valence-corrected chi connectivity index (χ2v) is 6.39. The first-order valence-electron chi connectivity index (χ1n) is 7.28. The zero-order valence-electron chi connectivity index (χ0n) is 12.8. The van der Waals surface area contributed by atoms with E-state index in [0.717, 1.165) is 19.3 Å². The SMILES string of the molecule is Cc1nn(C2CC(C)CC(C)C2)c(C)c1C(=O)C(F)(F)F. The number of hydrogen-bond donors (Lipinski definition) is 0. The molecule has 21 heavy (non-hydrogen) atoms. The van der Waals surface area contributed by atoms with Crippen LogP contribution in [0.5, 0.6) is 0 Å². The molecule has 0 radical (unpaired) electrons. The third-order valence-electron chi connectivity index (χ3n) is 4.31. The predicted molar refractivity (Wildman–Crippen MR) is 73.3 cm³/mol. The van der Waals surface area contributed by atoms with Gasteiger partial charge in [-0.15, -0.1) is 0 Å². The van der Waals surface area contributed by atoms with Gasteiger partial charge in [-0.25, -0.2) is 0 Å². The standard InChI is InChI=1S/C15H21F3N2O/c1-8-5-9(2)7-12(6-8)20-11(4)13(10(3)19-20)14(21)15(16,17)18/h8-9,12H,5-7H2,1-4H3. The third-order valence-corrected chi connectivity index (χ3v) is 4.31. The van der Waals surface area contributed by atoms with Crippen molar-refractivity contribution in [2.45, 2.75) is 59.2 Å². The average molecular weight is 302 g/mol. The maximum absolute atomic E-state index is 12.7. The Kier molecular flexibility index (Phi) is 4.17. The van der Waals surface area contributed by atoms with Crippen molar-refractivity contribution < 1.29 is 18.0 Å². The van der Waals surface area contributed by atoms with Gasteiger partial charge in [0.15, 0.2) is 0 Å². The summed E-state index contributed by atoms with van der Waals surface area (Å²) in [4.78, 5) is 11.6. The van der Waals surface area contributed by atoms with Crippen molar-refractivity contribution in [3.63, 3.8) is 0 Å². The highest BCUT2D eigenvalue weighted by Gasteiger charge is 2.42. The summed E-state index contributed by atoms with van der Waals surface area (Å²) in [6.45, 7) is 7.33. The zero-order chi connectivity index (χ0) is 15.9. The van der Waals surface area contributed by atoms with Gasteiger partial charge < -0.3 is 0 Å². The lowest BCUT2D eigenvalue weighted by atomic mass is 9.80. The minimum absolute atomic E-state index is 0.0808. The average Bonchev–Trinajstić information content (AvgIpc) is 2.61. The second kappa shape index (κ2) is 5.46. The van der Waals surface area contributed by atoms with Crippen molar-refractivity contribution in [3.05, 3.63) is 17.0 Å². The zero-order valence-corrected chi connectivity index (χ0v) is 12.8. The lowest BCUT2D eigenvalue weighted by molar-refractivity contribution is -0.0886. The van der Waals surface area contributed by atoms with Gasteiger partial charge in [0.1, 0.15) is 0 Å². The van der Waals surface area contributed by atoms with E-state index in [1.54, 1.807) is 11.6 Å². The first-order chi connectivity index (χ1) is 9.61. The maximum atomic E-state index is 12.7. The highest BCUT2D eigenvalue weighted by molar-refractivity contribution is 6.02. The highest BCUT2D eigenvalue weighted by Crippen LogP contribution is 2.37. The minimum Gasteiger partial charge on any atom is -0.284 e. The topological polar surface area (TPSA) is 34.9 Å². The van der Waals surface area contributed by atoms with Gasteiger partial charge in [-0.05, 0) is 44.9 Å². The van der Waals surface area contributed by atoms with Crippen molar-refractivity contribution in [3.8, 4) is 0 Å². The summed E-state index contributed by atoms with van der Waals surface area (Å²) in [7, 11) is 0. The molecule has 0 aromatic carbocycles. The smallest absolute Gasteiger partial charge is 0.284 e. The number of aromatic nitrogens is 2. The number of aryl methyl sites for hydroxylation is 1. The second-order valence-electron chi connectivity index (χ2n) is 6.39. The highest BCUT2D eigenvalue weighted by atomic mass is 19.4. The summed E-state index contributed by atoms with van der Waals surface area (Å²) >= 11 is 0. The van der Waals surface area contributed by atoms with Crippen molar-refractivity contribution >= 4 is 5.78 Å². The van der Waals surface area contributed by atoms with Crippen molar-refractivity contribution in [1.82, 2.24) is 9.78 Å². The molecule has 1 heterocycles. The Hall–Kier alpha value is -1.33. The van der Waals surface area contributed by atoms with Crippen LogP contribution in [0.2, 0.25) is 0 Å². The van der Waals surface area contributed by atoms with Crippen LogP contribution < -0.4 is 0 Å². The summed E-state index contributed by atoms with van der Waals surface area (Å²) < 4.78 is 39.7. The molecule has 1 aliphatic rings. The monoisotopic (exact) mass is 302 g/mol. The number of carbonyl (C=O) groups is 1. The quantitative estimate of drug-likeness (QED) is 0.766. The molecule has 1 aliphatic carbocycles. The van der Waals surface area contributed by atoms with E-state index in [4.69, 9.17) is 0 Å². The Morgan fingerprint density at radius 1 is 1.14 bits per heavy atom. The van der Waals surface area contributed by atoms with Crippen molar-refractivity contribution in [2.75, 3.05) is 0 Å². The Bertz CT molecular complexity index is 538. The number of Topliss-reactive ketones (excluding diaryl/α,β-unsaturated/α-hetero) is 1. The van der Waals surface area contributed by atoms with Crippen LogP contribution in [0.1, 0.15) is 60.9 Å². The van der Waals surface area contributed by atoms with Gasteiger partial charge in [-0.2, -0.15) is 18.3 Å². The van der Waals surface area contributed by atoms with Gasteiger partial charge >= 0.3 is 6.18 Å². The van der Waals surface area contributed by atoms with E-state index in [-0.39, 0.29) is 17.3 Å². The molecule has 0 amide bonds. The molecule has 1 saturated carbocycles. The molecule has 2 atom stereocenters. The van der Waals surface area contributed by atoms with Crippen LogP contribution >= 0.6 is 0 Å². The van der Waals surface area contributed by atoms with Gasteiger partial charge in [-0.1, -0.05) is 13.8 Å². The van der Waals surface area contributed by atoms with E-state index in [1.165, 1.54) is 6.92 Å². The van der Waals surface area contributed by atoms with E-state index in [0.29, 0.717) is 17.5 Å². The summed E-state index contributed by atoms with van der Waals surface area (Å²) in [5.41, 5.74) is 0.218. The van der Waals surface area contributed by atoms with Gasteiger partial charge in [0.05, 0.1) is 17.3 Å². The van der Waals surface area contributed by atoms with Crippen molar-refractivity contribution in [1.29, 1.82) is 0 Å². The minimum atomic E-state index is -4.85. The molecule has 0 saturated heterocycles. The molecule has 1 aromatic heterocycles. The van der Waals surface area contributed by atoms with E-state index >= 15 is 0 Å². The number of alkyl halides is 3. The van der Waals surface area contributed by atoms with Gasteiger partial charge in [0, 0.05) is 5.69 Å². The fourth-order valence-corrected chi connectivity index (χ4v) is 3.59. The van der Waals surface area contributed by atoms with Crippen LogP contribution in [0, 0.1) is 25.7 Å². The first kappa shape index (κ1) is 16.0. The predicted octanol–water partition coefficient (Wildman–Crippen LogP) is 4.24. The number of ketones is 1. The molecule has 0 bridgehead atoms. The Labute approximate surface area is 122 Å². The Morgan fingerprint density at radius 3 is 2.14 bits per heavy atom. The van der Waals surface area contributed by atoms with E-state index in [1.807, 2.05) is 0 Å². The number of halogens is 3. The molecule has 1 fully saturated rings. The van der Waals surface area contributed by atoms with Crippen LogP contribution in [-0.4, -0.2) is 21.7 Å². The molecular weight excluding hydrogens is 281 g/mol. The number of hydrogen-bond acceptors (Lipinski definition) is 2. The molecule has 0 N–H and O–H groups in total. The molecule has 2 rings (SSSR count). The van der Waals surface area contributed by atoms with E-state index < -0.39 is 12.0 Å². The molecule has 1 aromatic rings. The number of nitrogens with zero attached hydrogens (tertiary/aromatic N) is 2. The van der Waals surface area contributed by atoms with Crippen LogP contribution in [0.3, 0.4) is 0 Å². The fraction of sp³-hybridized carbons (Fsp3) is 0.733. The fourth-order valence-electron chi connectivity index (χ4n) is 3.59. The van der Waals surface area contributed by atoms with E-state index in [2.05, 4.69) is 18.9 Å². The summed E-state index contributed by atoms with van der Waals surface area (Å²) in [6, 6.07) is 0.0808. The molecule has 0 aliphatic heterocycles. The normalized spacial score (nSPS) is 26.9. The summed E-state index contributed by atoms with van der Waals surface area (Å²) in [5.74, 6) is -0.755. The van der Waals surface area contributed by atoms with Crippen LogP contribution in [0.4, 0.5) is 13.2 Å². The molecule has 6 heteroatoms. The van der Waals surface area contributed by atoms with Gasteiger partial charge in [0.25, 0.3) is 5.78 Å². The van der Waals surface area contributed by atoms with E-state index in [9.17, 15) is 18.0 Å². The van der Waals surface area contributed by atoms with Gasteiger partial charge in [-0.3, -0.25) is 9.48 Å². The molecular formula is C15H21F3N2O. The first-order valence-corrected chi connectivity index (χ1v) is 7.28. The molecule has 118 valence electrons. The molecule has 2 unspecified atom stereocenters. The van der Waals surface area contributed by atoms with Crippen LogP contribution in [0.25, 0.3) is 0 Å². The lowest BCUT2D eigenvalue weighted by Crippen LogP contribution is -2.26. The third kappa shape index (κ3) is 3.14. The Morgan fingerprint density at radius 2 is 1.67 bits per heavy atom. The number of carbonyl (C=O) groups excluding carboxylic acids is 1. The summed E-state index contributed by atoms with van der Waals surface area (Å²) in [5, 5.41) is 4.23.